The number of fused-ring (bicyclic) bond motifs is 1. The number of amides is 2. The molecule has 1 aliphatic heterocycles. The highest BCUT2D eigenvalue weighted by atomic mass is 35.5. The summed E-state index contributed by atoms with van der Waals surface area (Å²) < 4.78 is 40.7. The molecule has 0 bridgehead atoms. The number of nitrogens with one attached hydrogen (secondary N) is 3. The van der Waals surface area contributed by atoms with Crippen molar-refractivity contribution in [1.29, 1.82) is 0 Å². The molecule has 3 aromatic rings. The van der Waals surface area contributed by atoms with E-state index in [4.69, 9.17) is 11.6 Å². The second-order valence-corrected chi connectivity index (χ2v) is 10.9. The van der Waals surface area contributed by atoms with Crippen molar-refractivity contribution < 1.29 is 17.6 Å². The fourth-order valence-electron chi connectivity index (χ4n) is 3.23. The van der Waals surface area contributed by atoms with E-state index >= 15 is 0 Å². The average Bonchev–Trinajstić information content (AvgIpc) is 3.14. The highest BCUT2D eigenvalue weighted by Crippen LogP contribution is 2.37. The molecule has 0 aliphatic carbocycles. The first kappa shape index (κ1) is 23.0. The maximum absolute atomic E-state index is 14.9. The first-order valence-electron chi connectivity index (χ1n) is 9.45. The Morgan fingerprint density at radius 3 is 2.58 bits per heavy atom. The number of aromatic nitrogens is 1. The standard InChI is InChI=1S/C21H15ClFN3O5S2/c22-17-7-8-19(32-17)33(30,31)26-21(29)24-11-5-6-12(15(23)9-11)14-10-18(27)25-16-4-2-1-3-13(16)20(14)28/h1-6,8-10,17H,7H2,(H,25,27)(H2,24,26,29). The van der Waals surface area contributed by atoms with Crippen LogP contribution in [0.15, 0.2) is 68.4 Å². The van der Waals surface area contributed by atoms with Gasteiger partial charge in [0.05, 0.1) is 10.2 Å². The number of urea groups is 1. The molecular weight excluding hydrogens is 493 g/mol. The van der Waals surface area contributed by atoms with E-state index in [0.717, 1.165) is 23.9 Å². The fraction of sp³-hybridized carbons (Fsp3) is 0.0952. The third-order valence-corrected chi connectivity index (χ3v) is 8.06. The van der Waals surface area contributed by atoms with Gasteiger partial charge in [0, 0.05) is 28.3 Å². The van der Waals surface area contributed by atoms with Crippen molar-refractivity contribution in [3.63, 3.8) is 0 Å². The van der Waals surface area contributed by atoms with Gasteiger partial charge in [-0.05, 0) is 36.8 Å². The van der Waals surface area contributed by atoms with Crippen LogP contribution in [-0.2, 0) is 10.0 Å². The monoisotopic (exact) mass is 507 g/mol. The van der Waals surface area contributed by atoms with Gasteiger partial charge in [0.1, 0.15) is 10.1 Å². The molecule has 12 heteroatoms. The Kier molecular flexibility index (Phi) is 6.28. The molecule has 1 atom stereocenters. The second-order valence-electron chi connectivity index (χ2n) is 6.96. The highest BCUT2D eigenvalue weighted by molar-refractivity contribution is 8.19. The van der Waals surface area contributed by atoms with Gasteiger partial charge in [0.15, 0.2) is 5.43 Å². The number of carbonyl (C=O) groups excluding carboxylic acids is 1. The minimum absolute atomic E-state index is 0.0567. The lowest BCUT2D eigenvalue weighted by Crippen LogP contribution is -2.34. The third-order valence-electron chi connectivity index (χ3n) is 4.67. The van der Waals surface area contributed by atoms with Gasteiger partial charge in [-0.3, -0.25) is 9.59 Å². The van der Waals surface area contributed by atoms with Gasteiger partial charge in [-0.15, -0.1) is 11.6 Å². The summed E-state index contributed by atoms with van der Waals surface area (Å²) in [5.41, 5.74) is -1.19. The van der Waals surface area contributed by atoms with Crippen LogP contribution in [0.4, 0.5) is 14.9 Å². The number of benzene rings is 2. The molecule has 2 aromatic carbocycles. The van der Waals surface area contributed by atoms with E-state index in [2.05, 4.69) is 10.3 Å². The van der Waals surface area contributed by atoms with Crippen LogP contribution in [0.5, 0.6) is 0 Å². The zero-order chi connectivity index (χ0) is 23.8. The second kappa shape index (κ2) is 9.00. The maximum Gasteiger partial charge on any atom is 0.333 e. The summed E-state index contributed by atoms with van der Waals surface area (Å²) in [6.45, 7) is 0. The lowest BCUT2D eigenvalue weighted by Gasteiger charge is -2.10. The van der Waals surface area contributed by atoms with E-state index in [1.165, 1.54) is 24.3 Å². The molecule has 0 saturated heterocycles. The lowest BCUT2D eigenvalue weighted by molar-refractivity contribution is 0.256. The van der Waals surface area contributed by atoms with Gasteiger partial charge in [-0.2, -0.15) is 0 Å². The number of hydrogen-bond acceptors (Lipinski definition) is 6. The molecule has 8 nitrogen and oxygen atoms in total. The molecule has 0 saturated carbocycles. The largest absolute Gasteiger partial charge is 0.333 e. The number of aromatic amines is 1. The first-order valence-corrected chi connectivity index (χ1v) is 12.2. The highest BCUT2D eigenvalue weighted by Gasteiger charge is 2.28. The van der Waals surface area contributed by atoms with E-state index < -0.39 is 37.6 Å². The van der Waals surface area contributed by atoms with Crippen molar-refractivity contribution in [2.24, 2.45) is 0 Å². The molecule has 1 aromatic heterocycles. The van der Waals surface area contributed by atoms with Crippen LogP contribution in [0.2, 0.25) is 0 Å². The van der Waals surface area contributed by atoms with Gasteiger partial charge >= 0.3 is 6.03 Å². The van der Waals surface area contributed by atoms with Crippen molar-refractivity contribution in [3.8, 4) is 11.1 Å². The molecule has 1 aliphatic rings. The minimum Gasteiger partial charge on any atom is -0.322 e. The van der Waals surface area contributed by atoms with Crippen LogP contribution in [0.25, 0.3) is 22.0 Å². The van der Waals surface area contributed by atoms with Gasteiger partial charge < -0.3 is 10.3 Å². The number of carbonyl (C=O) groups is 1. The number of sulfonamides is 1. The molecule has 1 unspecified atom stereocenters. The van der Waals surface area contributed by atoms with Crippen LogP contribution in [-0.4, -0.2) is 24.1 Å². The molecular formula is C21H15ClFN3O5S2. The molecule has 170 valence electrons. The third kappa shape index (κ3) is 4.95. The van der Waals surface area contributed by atoms with Gasteiger partial charge in [0.25, 0.3) is 10.0 Å². The van der Waals surface area contributed by atoms with Crippen molar-refractivity contribution in [3.05, 3.63) is 85.2 Å². The van der Waals surface area contributed by atoms with Crippen LogP contribution in [0.3, 0.4) is 0 Å². The first-order chi connectivity index (χ1) is 15.6. The van der Waals surface area contributed by atoms with E-state index in [-0.39, 0.29) is 26.4 Å². The van der Waals surface area contributed by atoms with Crippen LogP contribution in [0.1, 0.15) is 6.42 Å². The quantitative estimate of drug-likeness (QED) is 0.462. The maximum atomic E-state index is 14.9. The van der Waals surface area contributed by atoms with Crippen molar-refractivity contribution in [2.75, 3.05) is 5.32 Å². The SMILES string of the molecule is O=C(Nc1ccc(-c2cc(=O)[nH]c3ccccc3c2=O)c(F)c1)NS(=O)(=O)C1=CCC(Cl)S1. The van der Waals surface area contributed by atoms with Crippen LogP contribution < -0.4 is 21.0 Å². The number of H-pyrrole nitrogens is 1. The van der Waals surface area contributed by atoms with E-state index in [0.29, 0.717) is 11.9 Å². The molecule has 2 amide bonds. The zero-order valence-electron chi connectivity index (χ0n) is 16.6. The zero-order valence-corrected chi connectivity index (χ0v) is 19.0. The summed E-state index contributed by atoms with van der Waals surface area (Å²) in [6.07, 6.45) is 1.74. The number of para-hydroxylation sites is 1. The number of halogens is 2. The van der Waals surface area contributed by atoms with Gasteiger partial charge in [0.2, 0.25) is 5.56 Å². The number of rotatable bonds is 4. The van der Waals surface area contributed by atoms with E-state index in [1.54, 1.807) is 18.2 Å². The number of allylic oxidation sites excluding steroid dienone is 1. The summed E-state index contributed by atoms with van der Waals surface area (Å²) >= 11 is 6.76. The van der Waals surface area contributed by atoms with E-state index in [1.807, 2.05) is 4.72 Å². The summed E-state index contributed by atoms with van der Waals surface area (Å²) in [5, 5.41) is 2.44. The molecule has 3 N–H and O–H groups in total. The molecule has 33 heavy (non-hydrogen) atoms. The molecule has 0 radical (unpaired) electrons. The molecule has 4 rings (SSSR count). The molecule has 0 spiro atoms. The topological polar surface area (TPSA) is 125 Å². The summed E-state index contributed by atoms with van der Waals surface area (Å²) in [6, 6.07) is 9.68. The van der Waals surface area contributed by atoms with Crippen LogP contribution in [0, 0.1) is 5.82 Å². The predicted octanol–water partition coefficient (Wildman–Crippen LogP) is 3.69. The molecule has 2 heterocycles. The Hall–Kier alpha value is -3.15. The Labute approximate surface area is 195 Å². The van der Waals surface area contributed by atoms with Crippen molar-refractivity contribution in [2.45, 2.75) is 11.1 Å². The smallest absolute Gasteiger partial charge is 0.322 e. The number of hydrogen-bond donors (Lipinski definition) is 3. The fourth-order valence-corrected chi connectivity index (χ4v) is 6.09. The summed E-state index contributed by atoms with van der Waals surface area (Å²) in [5.74, 6) is -0.888. The van der Waals surface area contributed by atoms with Crippen molar-refractivity contribution >= 4 is 56.0 Å². The lowest BCUT2D eigenvalue weighted by atomic mass is 10.0. The summed E-state index contributed by atoms with van der Waals surface area (Å²) in [7, 11) is -4.11. The molecule has 0 fully saturated rings. The Morgan fingerprint density at radius 2 is 1.88 bits per heavy atom. The van der Waals surface area contributed by atoms with Crippen LogP contribution >= 0.6 is 23.4 Å². The Morgan fingerprint density at radius 1 is 1.12 bits per heavy atom. The number of anilines is 1. The normalized spacial score (nSPS) is 15.8. The van der Waals surface area contributed by atoms with E-state index in [9.17, 15) is 27.2 Å². The average molecular weight is 508 g/mol. The van der Waals surface area contributed by atoms with Crippen molar-refractivity contribution in [1.82, 2.24) is 9.71 Å². The van der Waals surface area contributed by atoms with Gasteiger partial charge in [-0.1, -0.05) is 30.0 Å². The predicted molar refractivity (Wildman–Crippen MR) is 127 cm³/mol. The number of thioether (sulfide) groups is 1. The minimum atomic E-state index is -4.11. The Bertz CT molecular complexity index is 1540. The number of alkyl halides is 1. The van der Waals surface area contributed by atoms with Gasteiger partial charge in [-0.25, -0.2) is 22.3 Å². The summed E-state index contributed by atoms with van der Waals surface area (Å²) in [4.78, 5) is 39.8. The Balaban J connectivity index is 1.61.